The fraction of sp³-hybridized carbons (Fsp3) is 0.150. The van der Waals surface area contributed by atoms with E-state index in [4.69, 9.17) is 4.52 Å². The van der Waals surface area contributed by atoms with Gasteiger partial charge in [0.05, 0.1) is 11.1 Å². The van der Waals surface area contributed by atoms with Crippen molar-refractivity contribution < 1.29 is 23.3 Å². The maximum Gasteiger partial charge on any atom is 0.261 e. The van der Waals surface area contributed by atoms with Gasteiger partial charge in [0.1, 0.15) is 11.9 Å². The monoisotopic (exact) mass is 394 g/mol. The molecule has 3 amide bonds. The molecule has 3 aromatic rings. The smallest absolute Gasteiger partial charge is 0.261 e. The molecule has 0 saturated carbocycles. The molecule has 8 nitrogen and oxygen atoms in total. The fourth-order valence-corrected chi connectivity index (χ4v) is 2.97. The van der Waals surface area contributed by atoms with E-state index in [1.165, 1.54) is 49.5 Å². The highest BCUT2D eigenvalue weighted by Crippen LogP contribution is 2.23. The summed E-state index contributed by atoms with van der Waals surface area (Å²) in [4.78, 5) is 41.8. The molecule has 146 valence electrons. The van der Waals surface area contributed by atoms with Crippen LogP contribution in [-0.2, 0) is 0 Å². The van der Waals surface area contributed by atoms with E-state index in [1.54, 1.807) is 6.92 Å². The minimum Gasteiger partial charge on any atom is -0.341 e. The molecule has 1 aliphatic heterocycles. The van der Waals surface area contributed by atoms with E-state index >= 15 is 0 Å². The van der Waals surface area contributed by atoms with Crippen molar-refractivity contribution in [3.05, 3.63) is 70.9 Å². The van der Waals surface area contributed by atoms with Gasteiger partial charge in [-0.05, 0) is 49.4 Å². The number of rotatable bonds is 4. The first-order valence-corrected chi connectivity index (χ1v) is 8.72. The average molecular weight is 394 g/mol. The van der Waals surface area contributed by atoms with Crippen LogP contribution >= 0.6 is 0 Å². The zero-order valence-corrected chi connectivity index (χ0v) is 15.5. The first-order chi connectivity index (χ1) is 13.8. The van der Waals surface area contributed by atoms with Gasteiger partial charge in [-0.3, -0.25) is 19.3 Å². The molecule has 0 bridgehead atoms. The van der Waals surface area contributed by atoms with Crippen molar-refractivity contribution in [3.63, 3.8) is 0 Å². The van der Waals surface area contributed by atoms with Crippen molar-refractivity contribution in [2.75, 3.05) is 7.05 Å². The number of aromatic nitrogens is 2. The Morgan fingerprint density at radius 1 is 1.10 bits per heavy atom. The quantitative estimate of drug-likeness (QED) is 0.682. The number of imide groups is 1. The molecule has 0 spiro atoms. The zero-order valence-electron chi connectivity index (χ0n) is 15.5. The molecule has 0 aliphatic carbocycles. The Bertz CT molecular complexity index is 1140. The summed E-state index contributed by atoms with van der Waals surface area (Å²) in [6, 6.07) is 9.32. The minimum atomic E-state index is -0.613. The fourth-order valence-electron chi connectivity index (χ4n) is 2.97. The Morgan fingerprint density at radius 3 is 2.52 bits per heavy atom. The SMILES string of the molecule is CC(NC(=O)c1ccc2c(c1)C(=O)N(C)C2=O)c1nc(-c2ccc(F)cc2)no1. The van der Waals surface area contributed by atoms with Crippen LogP contribution in [0.3, 0.4) is 0 Å². The zero-order chi connectivity index (χ0) is 20.7. The first kappa shape index (κ1) is 18.5. The Kier molecular flexibility index (Phi) is 4.42. The molecule has 1 unspecified atom stereocenters. The van der Waals surface area contributed by atoms with E-state index in [9.17, 15) is 18.8 Å². The largest absolute Gasteiger partial charge is 0.341 e. The van der Waals surface area contributed by atoms with Crippen LogP contribution in [0, 0.1) is 5.82 Å². The summed E-state index contributed by atoms with van der Waals surface area (Å²) in [7, 11) is 1.39. The summed E-state index contributed by atoms with van der Waals surface area (Å²) in [5, 5.41) is 6.55. The molecular formula is C20H15FN4O4. The third-order valence-corrected chi connectivity index (χ3v) is 4.61. The highest BCUT2D eigenvalue weighted by atomic mass is 19.1. The summed E-state index contributed by atoms with van der Waals surface area (Å²) < 4.78 is 18.2. The van der Waals surface area contributed by atoms with Crippen LogP contribution in [0.1, 0.15) is 49.9 Å². The van der Waals surface area contributed by atoms with Crippen molar-refractivity contribution in [2.24, 2.45) is 0 Å². The number of amides is 3. The lowest BCUT2D eigenvalue weighted by atomic mass is 10.1. The predicted octanol–water partition coefficient (Wildman–Crippen LogP) is 2.59. The lowest BCUT2D eigenvalue weighted by Gasteiger charge is -2.10. The van der Waals surface area contributed by atoms with Crippen molar-refractivity contribution in [2.45, 2.75) is 13.0 Å². The van der Waals surface area contributed by atoms with Gasteiger partial charge >= 0.3 is 0 Å². The van der Waals surface area contributed by atoms with Crippen LogP contribution in [0.15, 0.2) is 47.0 Å². The van der Waals surface area contributed by atoms with Crippen molar-refractivity contribution >= 4 is 17.7 Å². The van der Waals surface area contributed by atoms with E-state index in [-0.39, 0.29) is 34.2 Å². The van der Waals surface area contributed by atoms with Gasteiger partial charge < -0.3 is 9.84 Å². The van der Waals surface area contributed by atoms with Gasteiger partial charge in [-0.2, -0.15) is 4.98 Å². The van der Waals surface area contributed by atoms with Crippen molar-refractivity contribution in [3.8, 4) is 11.4 Å². The van der Waals surface area contributed by atoms with Crippen LogP contribution in [0.2, 0.25) is 0 Å². The summed E-state index contributed by atoms with van der Waals surface area (Å²) in [6.45, 7) is 1.66. The van der Waals surface area contributed by atoms with Gasteiger partial charge in [-0.15, -0.1) is 0 Å². The third kappa shape index (κ3) is 3.27. The lowest BCUT2D eigenvalue weighted by molar-refractivity contribution is 0.0693. The molecule has 29 heavy (non-hydrogen) atoms. The molecule has 1 atom stereocenters. The summed E-state index contributed by atoms with van der Waals surface area (Å²) >= 11 is 0. The summed E-state index contributed by atoms with van der Waals surface area (Å²) in [5.41, 5.74) is 1.26. The van der Waals surface area contributed by atoms with Gasteiger partial charge in [0.15, 0.2) is 0 Å². The lowest BCUT2D eigenvalue weighted by Crippen LogP contribution is -2.27. The van der Waals surface area contributed by atoms with Crippen LogP contribution in [0.25, 0.3) is 11.4 Å². The second-order valence-corrected chi connectivity index (χ2v) is 6.59. The normalized spacial score (nSPS) is 14.1. The summed E-state index contributed by atoms with van der Waals surface area (Å²) in [6.07, 6.45) is 0. The molecule has 2 heterocycles. The highest BCUT2D eigenvalue weighted by molar-refractivity contribution is 6.21. The molecule has 1 N–H and O–H groups in total. The van der Waals surface area contributed by atoms with Crippen LogP contribution < -0.4 is 5.32 Å². The Balaban J connectivity index is 1.50. The number of nitrogens with one attached hydrogen (secondary N) is 1. The van der Waals surface area contributed by atoms with Gasteiger partial charge in [0, 0.05) is 18.2 Å². The number of carbonyl (C=O) groups is 3. The van der Waals surface area contributed by atoms with Crippen molar-refractivity contribution in [1.82, 2.24) is 20.4 Å². The van der Waals surface area contributed by atoms with E-state index in [0.717, 1.165) is 4.90 Å². The number of benzene rings is 2. The number of fused-ring (bicyclic) bond motifs is 1. The number of hydrogen-bond acceptors (Lipinski definition) is 6. The molecule has 2 aromatic carbocycles. The van der Waals surface area contributed by atoms with Crippen LogP contribution in [0.5, 0.6) is 0 Å². The van der Waals surface area contributed by atoms with Crippen molar-refractivity contribution in [1.29, 1.82) is 0 Å². The maximum absolute atomic E-state index is 13.0. The number of hydrogen-bond donors (Lipinski definition) is 1. The third-order valence-electron chi connectivity index (χ3n) is 4.61. The number of carbonyl (C=O) groups excluding carboxylic acids is 3. The molecule has 0 saturated heterocycles. The van der Waals surface area contributed by atoms with Gasteiger partial charge in [-0.25, -0.2) is 4.39 Å². The molecule has 9 heteroatoms. The van der Waals surface area contributed by atoms with Gasteiger partial charge in [0.25, 0.3) is 17.7 Å². The topological polar surface area (TPSA) is 105 Å². The van der Waals surface area contributed by atoms with E-state index in [2.05, 4.69) is 15.5 Å². The highest BCUT2D eigenvalue weighted by Gasteiger charge is 2.33. The minimum absolute atomic E-state index is 0.171. The van der Waals surface area contributed by atoms with E-state index < -0.39 is 23.8 Å². The molecule has 0 radical (unpaired) electrons. The standard InChI is InChI=1S/C20H15FN4O4/c1-10(18-23-16(24-29-18)11-3-6-13(21)7-4-11)22-17(26)12-5-8-14-15(9-12)20(28)25(2)19(14)27/h3-10H,1-2H3,(H,22,26). The Labute approximate surface area is 164 Å². The Hall–Kier alpha value is -3.88. The average Bonchev–Trinajstić information content (AvgIpc) is 3.29. The molecule has 4 rings (SSSR count). The van der Waals surface area contributed by atoms with E-state index in [0.29, 0.717) is 5.56 Å². The molecule has 0 fully saturated rings. The number of halogens is 1. The Morgan fingerprint density at radius 2 is 1.79 bits per heavy atom. The van der Waals surface area contributed by atoms with Crippen LogP contribution in [0.4, 0.5) is 4.39 Å². The van der Waals surface area contributed by atoms with Gasteiger partial charge in [-0.1, -0.05) is 5.16 Å². The predicted molar refractivity (Wildman–Crippen MR) is 98.4 cm³/mol. The maximum atomic E-state index is 13.0. The molecule has 1 aliphatic rings. The molecule has 1 aromatic heterocycles. The molecular weight excluding hydrogens is 379 g/mol. The van der Waals surface area contributed by atoms with E-state index in [1.807, 2.05) is 0 Å². The van der Waals surface area contributed by atoms with Gasteiger partial charge in [0.2, 0.25) is 11.7 Å². The number of nitrogens with zero attached hydrogens (tertiary/aromatic N) is 3. The first-order valence-electron chi connectivity index (χ1n) is 8.72. The summed E-state index contributed by atoms with van der Waals surface area (Å²) in [5.74, 6) is -1.25. The second kappa shape index (κ2) is 6.93. The second-order valence-electron chi connectivity index (χ2n) is 6.59. The van der Waals surface area contributed by atoms with Crippen LogP contribution in [-0.4, -0.2) is 39.8 Å².